The fraction of sp³-hybridized carbons (Fsp3) is 0.357. The lowest BCUT2D eigenvalue weighted by molar-refractivity contribution is 0.725. The Morgan fingerprint density at radius 1 is 1.29 bits per heavy atom. The highest BCUT2D eigenvalue weighted by molar-refractivity contribution is 8.00. The molecular weight excluding hydrogens is 228 g/mol. The minimum atomic E-state index is 0.589. The predicted octanol–water partition coefficient (Wildman–Crippen LogP) is 3.54. The Hall–Kier alpha value is -1.22. The number of thioether (sulfide) groups is 1. The third kappa shape index (κ3) is 2.12. The van der Waals surface area contributed by atoms with Crippen molar-refractivity contribution >= 4 is 28.4 Å². The van der Waals surface area contributed by atoms with E-state index in [9.17, 15) is 0 Å². The molecule has 88 valence electrons. The van der Waals surface area contributed by atoms with E-state index in [1.807, 2.05) is 12.3 Å². The molecule has 1 saturated heterocycles. The molecule has 2 aromatic rings. The fourth-order valence-corrected chi connectivity index (χ4v) is 3.55. The van der Waals surface area contributed by atoms with Crippen molar-refractivity contribution < 1.29 is 0 Å². The summed E-state index contributed by atoms with van der Waals surface area (Å²) in [5.41, 5.74) is 2.28. The zero-order chi connectivity index (χ0) is 11.7. The zero-order valence-corrected chi connectivity index (χ0v) is 10.7. The van der Waals surface area contributed by atoms with Crippen LogP contribution in [0, 0.1) is 0 Å². The highest BCUT2D eigenvalue weighted by Gasteiger charge is 2.23. The summed E-state index contributed by atoms with van der Waals surface area (Å²) < 4.78 is 0. The van der Waals surface area contributed by atoms with E-state index >= 15 is 0 Å². The summed E-state index contributed by atoms with van der Waals surface area (Å²) >= 11 is 2.05. The van der Waals surface area contributed by atoms with Gasteiger partial charge in [-0.05, 0) is 36.4 Å². The van der Waals surface area contributed by atoms with Gasteiger partial charge >= 0.3 is 0 Å². The molecule has 0 spiro atoms. The van der Waals surface area contributed by atoms with E-state index in [0.29, 0.717) is 11.3 Å². The number of nitrogens with zero attached hydrogens (tertiary/aromatic N) is 1. The first kappa shape index (κ1) is 10.9. The highest BCUT2D eigenvalue weighted by atomic mass is 32.2. The minimum absolute atomic E-state index is 0.589. The molecule has 1 N–H and O–H groups in total. The van der Waals surface area contributed by atoms with Gasteiger partial charge in [0.25, 0.3) is 0 Å². The number of nitrogens with one attached hydrogen (secondary N) is 1. The van der Waals surface area contributed by atoms with Gasteiger partial charge in [-0.1, -0.05) is 13.0 Å². The smallest absolute Gasteiger partial charge is 0.0722 e. The van der Waals surface area contributed by atoms with Crippen LogP contribution in [0.15, 0.2) is 36.5 Å². The van der Waals surface area contributed by atoms with Crippen molar-refractivity contribution in [2.45, 2.75) is 24.6 Å². The number of anilines is 1. The third-order valence-corrected chi connectivity index (χ3v) is 4.69. The first-order chi connectivity index (χ1) is 8.34. The van der Waals surface area contributed by atoms with E-state index in [4.69, 9.17) is 0 Å². The largest absolute Gasteiger partial charge is 0.381 e. The summed E-state index contributed by atoms with van der Waals surface area (Å²) in [5, 5.41) is 5.59. The minimum Gasteiger partial charge on any atom is -0.381 e. The van der Waals surface area contributed by atoms with Crippen LogP contribution in [0.1, 0.15) is 13.3 Å². The van der Waals surface area contributed by atoms with Crippen LogP contribution in [0.25, 0.3) is 10.9 Å². The standard InChI is InChI=1S/C14H16N2S/c1-10-12(7-9-17-10)16-14-6-2-5-13-11(14)4-3-8-15-13/h2-6,8,10,12,16H,7,9H2,1H3. The average molecular weight is 244 g/mol. The number of fused-ring (bicyclic) bond motifs is 1. The van der Waals surface area contributed by atoms with E-state index in [2.05, 4.69) is 53.3 Å². The maximum atomic E-state index is 4.39. The SMILES string of the molecule is CC1SCCC1Nc1cccc2ncccc12. The lowest BCUT2D eigenvalue weighted by Gasteiger charge is -2.19. The number of aromatic nitrogens is 1. The van der Waals surface area contributed by atoms with Gasteiger partial charge in [0, 0.05) is 28.6 Å². The Morgan fingerprint density at radius 3 is 3.06 bits per heavy atom. The summed E-state index contributed by atoms with van der Waals surface area (Å²) in [6.07, 6.45) is 3.10. The number of pyridine rings is 1. The Labute approximate surface area is 106 Å². The van der Waals surface area contributed by atoms with E-state index in [1.165, 1.54) is 23.2 Å². The predicted molar refractivity (Wildman–Crippen MR) is 75.7 cm³/mol. The maximum absolute atomic E-state index is 4.39. The molecule has 3 rings (SSSR count). The molecule has 1 aliphatic heterocycles. The Balaban J connectivity index is 1.94. The van der Waals surface area contributed by atoms with Crippen LogP contribution in [-0.2, 0) is 0 Å². The molecule has 0 radical (unpaired) electrons. The van der Waals surface area contributed by atoms with E-state index in [0.717, 1.165) is 5.52 Å². The molecule has 2 nitrogen and oxygen atoms in total. The molecule has 17 heavy (non-hydrogen) atoms. The number of hydrogen-bond acceptors (Lipinski definition) is 3. The van der Waals surface area contributed by atoms with E-state index < -0.39 is 0 Å². The Bertz CT molecular complexity index is 521. The summed E-state index contributed by atoms with van der Waals surface area (Å²) in [4.78, 5) is 4.39. The molecule has 0 bridgehead atoms. The van der Waals surface area contributed by atoms with Crippen molar-refractivity contribution in [3.8, 4) is 0 Å². The van der Waals surface area contributed by atoms with Crippen LogP contribution in [0.3, 0.4) is 0 Å². The normalized spacial score (nSPS) is 24.1. The van der Waals surface area contributed by atoms with Gasteiger partial charge in [-0.2, -0.15) is 11.8 Å². The quantitative estimate of drug-likeness (QED) is 0.874. The van der Waals surface area contributed by atoms with Crippen molar-refractivity contribution in [3.05, 3.63) is 36.5 Å². The van der Waals surface area contributed by atoms with Crippen LogP contribution in [-0.4, -0.2) is 22.0 Å². The van der Waals surface area contributed by atoms with Crippen LogP contribution in [0.5, 0.6) is 0 Å². The monoisotopic (exact) mass is 244 g/mol. The molecule has 2 atom stereocenters. The fourth-order valence-electron chi connectivity index (χ4n) is 2.35. The first-order valence-electron chi connectivity index (χ1n) is 6.06. The summed E-state index contributed by atoms with van der Waals surface area (Å²) in [6, 6.07) is 11.0. The lowest BCUT2D eigenvalue weighted by atomic mass is 10.1. The van der Waals surface area contributed by atoms with Gasteiger partial charge < -0.3 is 5.32 Å². The topological polar surface area (TPSA) is 24.9 Å². The summed E-state index contributed by atoms with van der Waals surface area (Å²) in [5.74, 6) is 1.27. The first-order valence-corrected chi connectivity index (χ1v) is 7.11. The van der Waals surface area contributed by atoms with E-state index in [1.54, 1.807) is 0 Å². The van der Waals surface area contributed by atoms with Gasteiger partial charge in [-0.15, -0.1) is 0 Å². The second-order valence-electron chi connectivity index (χ2n) is 4.49. The van der Waals surface area contributed by atoms with Gasteiger partial charge in [-0.25, -0.2) is 0 Å². The third-order valence-electron chi connectivity index (χ3n) is 3.36. The maximum Gasteiger partial charge on any atom is 0.0722 e. The molecular formula is C14H16N2S. The van der Waals surface area contributed by atoms with Gasteiger partial charge in [0.2, 0.25) is 0 Å². The van der Waals surface area contributed by atoms with Crippen molar-refractivity contribution in [2.24, 2.45) is 0 Å². The Morgan fingerprint density at radius 2 is 2.24 bits per heavy atom. The molecule has 0 aliphatic carbocycles. The van der Waals surface area contributed by atoms with E-state index in [-0.39, 0.29) is 0 Å². The zero-order valence-electron chi connectivity index (χ0n) is 9.89. The molecule has 0 saturated carbocycles. The molecule has 0 amide bonds. The van der Waals surface area contributed by atoms with Crippen molar-refractivity contribution in [2.75, 3.05) is 11.1 Å². The molecule has 1 aromatic carbocycles. The van der Waals surface area contributed by atoms with Crippen molar-refractivity contribution in [1.29, 1.82) is 0 Å². The molecule has 1 aromatic heterocycles. The van der Waals surface area contributed by atoms with Gasteiger partial charge in [0.1, 0.15) is 0 Å². The molecule has 2 heterocycles. The van der Waals surface area contributed by atoms with Crippen LogP contribution in [0.4, 0.5) is 5.69 Å². The molecule has 1 fully saturated rings. The number of rotatable bonds is 2. The number of hydrogen-bond donors (Lipinski definition) is 1. The van der Waals surface area contributed by atoms with Crippen molar-refractivity contribution in [3.63, 3.8) is 0 Å². The van der Waals surface area contributed by atoms with Gasteiger partial charge in [0.15, 0.2) is 0 Å². The van der Waals surface area contributed by atoms with Crippen molar-refractivity contribution in [1.82, 2.24) is 4.98 Å². The van der Waals surface area contributed by atoms with Gasteiger partial charge in [-0.3, -0.25) is 4.98 Å². The lowest BCUT2D eigenvalue weighted by Crippen LogP contribution is -2.24. The van der Waals surface area contributed by atoms with Crippen LogP contribution in [0.2, 0.25) is 0 Å². The molecule has 1 aliphatic rings. The second kappa shape index (κ2) is 4.57. The molecule has 2 unspecified atom stereocenters. The summed E-state index contributed by atoms with van der Waals surface area (Å²) in [7, 11) is 0. The van der Waals surface area contributed by atoms with Crippen LogP contribution >= 0.6 is 11.8 Å². The molecule has 3 heteroatoms. The number of benzene rings is 1. The van der Waals surface area contributed by atoms with Gasteiger partial charge in [0.05, 0.1) is 5.52 Å². The van der Waals surface area contributed by atoms with Crippen LogP contribution < -0.4 is 5.32 Å². The Kier molecular flexibility index (Phi) is 2.93. The second-order valence-corrected chi connectivity index (χ2v) is 5.98. The summed E-state index contributed by atoms with van der Waals surface area (Å²) in [6.45, 7) is 2.30. The average Bonchev–Trinajstić information content (AvgIpc) is 2.76. The highest BCUT2D eigenvalue weighted by Crippen LogP contribution is 2.30.